The van der Waals surface area contributed by atoms with Crippen LogP contribution in [0.4, 0.5) is 5.82 Å². The smallest absolute Gasteiger partial charge is 0.180 e. The van der Waals surface area contributed by atoms with E-state index in [2.05, 4.69) is 48.1 Å². The second-order valence-electron chi connectivity index (χ2n) is 6.45. The van der Waals surface area contributed by atoms with E-state index in [-0.39, 0.29) is 6.04 Å². The molecule has 1 N–H and O–H groups in total. The van der Waals surface area contributed by atoms with Gasteiger partial charge in [-0.05, 0) is 38.8 Å². The standard InChI is InChI=1S/C20H26N6/c1-6-15-12-18(24-20(22-15)17-10-8-9-11-21-17)23-16(7-2)19-13(3)25-26(5)14(19)4/h8-12,16H,6-7H2,1-5H3,(H,22,23,24). The molecule has 0 bridgehead atoms. The molecule has 0 fully saturated rings. The first-order chi connectivity index (χ1) is 12.5. The molecule has 0 aliphatic carbocycles. The number of rotatable bonds is 6. The Bertz CT molecular complexity index is 885. The molecule has 0 saturated heterocycles. The highest BCUT2D eigenvalue weighted by molar-refractivity contribution is 5.53. The molecule has 1 atom stereocenters. The van der Waals surface area contributed by atoms with E-state index >= 15 is 0 Å². The Balaban J connectivity index is 1.98. The van der Waals surface area contributed by atoms with Gasteiger partial charge in [0.05, 0.1) is 11.7 Å². The van der Waals surface area contributed by atoms with Crippen molar-refractivity contribution >= 4 is 5.82 Å². The third-order valence-electron chi connectivity index (χ3n) is 4.68. The van der Waals surface area contributed by atoms with Crippen molar-refractivity contribution in [2.24, 2.45) is 7.05 Å². The van der Waals surface area contributed by atoms with E-state index < -0.39 is 0 Å². The second kappa shape index (κ2) is 7.64. The van der Waals surface area contributed by atoms with Gasteiger partial charge in [0.2, 0.25) is 0 Å². The number of aromatic nitrogens is 5. The molecule has 3 heterocycles. The van der Waals surface area contributed by atoms with E-state index in [4.69, 9.17) is 4.98 Å². The minimum Gasteiger partial charge on any atom is -0.363 e. The molecule has 0 amide bonds. The number of hydrogen-bond donors (Lipinski definition) is 1. The minimum absolute atomic E-state index is 0.153. The number of pyridine rings is 1. The molecule has 26 heavy (non-hydrogen) atoms. The van der Waals surface area contributed by atoms with Gasteiger partial charge < -0.3 is 5.32 Å². The molecule has 0 saturated carbocycles. The summed E-state index contributed by atoms with van der Waals surface area (Å²) in [5, 5.41) is 8.15. The van der Waals surface area contributed by atoms with Crippen LogP contribution in [0.3, 0.4) is 0 Å². The predicted molar refractivity (Wildman–Crippen MR) is 104 cm³/mol. The summed E-state index contributed by atoms with van der Waals surface area (Å²) >= 11 is 0. The van der Waals surface area contributed by atoms with Gasteiger partial charge in [-0.1, -0.05) is 19.9 Å². The Morgan fingerprint density at radius 3 is 2.54 bits per heavy atom. The van der Waals surface area contributed by atoms with Crippen molar-refractivity contribution < 1.29 is 0 Å². The Labute approximate surface area is 154 Å². The van der Waals surface area contributed by atoms with Crippen LogP contribution in [0.1, 0.15) is 49.0 Å². The van der Waals surface area contributed by atoms with Gasteiger partial charge in [-0.15, -0.1) is 0 Å². The third kappa shape index (κ3) is 3.59. The summed E-state index contributed by atoms with van der Waals surface area (Å²) in [6.07, 6.45) is 3.55. The Morgan fingerprint density at radius 1 is 1.15 bits per heavy atom. The molecule has 3 rings (SSSR count). The average Bonchev–Trinajstić information content (AvgIpc) is 2.92. The lowest BCUT2D eigenvalue weighted by Crippen LogP contribution is -2.14. The highest BCUT2D eigenvalue weighted by atomic mass is 15.3. The number of anilines is 1. The van der Waals surface area contributed by atoms with Gasteiger partial charge in [0, 0.05) is 36.3 Å². The normalized spacial score (nSPS) is 12.2. The number of hydrogen-bond acceptors (Lipinski definition) is 5. The van der Waals surface area contributed by atoms with E-state index in [9.17, 15) is 0 Å². The average molecular weight is 350 g/mol. The molecular weight excluding hydrogens is 324 g/mol. The lowest BCUT2D eigenvalue weighted by atomic mass is 10.0. The Morgan fingerprint density at radius 2 is 1.96 bits per heavy atom. The first-order valence-corrected chi connectivity index (χ1v) is 9.09. The van der Waals surface area contributed by atoms with Crippen molar-refractivity contribution in [3.05, 3.63) is 53.1 Å². The fourth-order valence-electron chi connectivity index (χ4n) is 3.21. The molecule has 3 aromatic heterocycles. The summed E-state index contributed by atoms with van der Waals surface area (Å²) in [4.78, 5) is 13.7. The van der Waals surface area contributed by atoms with E-state index in [0.717, 1.165) is 35.7 Å². The Hall–Kier alpha value is -2.76. The van der Waals surface area contributed by atoms with Crippen molar-refractivity contribution in [3.63, 3.8) is 0 Å². The molecule has 0 radical (unpaired) electrons. The zero-order valence-corrected chi connectivity index (χ0v) is 16.1. The largest absolute Gasteiger partial charge is 0.363 e. The lowest BCUT2D eigenvalue weighted by Gasteiger charge is -2.19. The summed E-state index contributed by atoms with van der Waals surface area (Å²) in [6, 6.07) is 7.96. The van der Waals surface area contributed by atoms with Crippen LogP contribution in [0.2, 0.25) is 0 Å². The molecule has 3 aromatic rings. The maximum absolute atomic E-state index is 4.72. The molecule has 0 spiro atoms. The SMILES string of the molecule is CCc1cc(NC(CC)c2c(C)nn(C)c2C)nc(-c2ccccn2)n1. The topological polar surface area (TPSA) is 68.5 Å². The zero-order chi connectivity index (χ0) is 18.7. The van der Waals surface area contributed by atoms with Crippen molar-refractivity contribution in [1.29, 1.82) is 0 Å². The summed E-state index contributed by atoms with van der Waals surface area (Å²) in [5.41, 5.74) is 5.26. The summed E-state index contributed by atoms with van der Waals surface area (Å²) < 4.78 is 1.94. The van der Waals surface area contributed by atoms with Crippen LogP contribution >= 0.6 is 0 Å². The van der Waals surface area contributed by atoms with Crippen LogP contribution in [0, 0.1) is 13.8 Å². The lowest BCUT2D eigenvalue weighted by molar-refractivity contribution is 0.714. The van der Waals surface area contributed by atoms with Gasteiger partial charge in [0.15, 0.2) is 5.82 Å². The zero-order valence-electron chi connectivity index (χ0n) is 16.1. The number of nitrogens with one attached hydrogen (secondary N) is 1. The maximum Gasteiger partial charge on any atom is 0.180 e. The number of aryl methyl sites for hydroxylation is 3. The van der Waals surface area contributed by atoms with Gasteiger partial charge in [0.25, 0.3) is 0 Å². The molecule has 0 aliphatic rings. The predicted octanol–water partition coefficient (Wildman–Crippen LogP) is 4.01. The van der Waals surface area contributed by atoms with Crippen molar-refractivity contribution in [1.82, 2.24) is 24.7 Å². The van der Waals surface area contributed by atoms with Crippen molar-refractivity contribution in [2.45, 2.75) is 46.6 Å². The van der Waals surface area contributed by atoms with Crippen molar-refractivity contribution in [3.8, 4) is 11.5 Å². The fraction of sp³-hybridized carbons (Fsp3) is 0.400. The molecule has 1 unspecified atom stereocenters. The summed E-state index contributed by atoms with van der Waals surface area (Å²) in [7, 11) is 1.98. The summed E-state index contributed by atoms with van der Waals surface area (Å²) in [6.45, 7) is 8.44. The summed E-state index contributed by atoms with van der Waals surface area (Å²) in [5.74, 6) is 1.48. The number of nitrogens with zero attached hydrogens (tertiary/aromatic N) is 5. The van der Waals surface area contributed by atoms with E-state index in [0.29, 0.717) is 5.82 Å². The second-order valence-corrected chi connectivity index (χ2v) is 6.45. The van der Waals surface area contributed by atoms with Crippen LogP contribution < -0.4 is 5.32 Å². The Kier molecular flexibility index (Phi) is 5.30. The van der Waals surface area contributed by atoms with Crippen LogP contribution in [-0.2, 0) is 13.5 Å². The van der Waals surface area contributed by atoms with E-state index in [1.54, 1.807) is 6.20 Å². The van der Waals surface area contributed by atoms with Gasteiger partial charge in [-0.25, -0.2) is 9.97 Å². The third-order valence-corrected chi connectivity index (χ3v) is 4.68. The van der Waals surface area contributed by atoms with Crippen molar-refractivity contribution in [2.75, 3.05) is 5.32 Å². The monoisotopic (exact) mass is 350 g/mol. The molecule has 136 valence electrons. The quantitative estimate of drug-likeness (QED) is 0.727. The van der Waals surface area contributed by atoms with Gasteiger partial charge in [0.1, 0.15) is 11.5 Å². The van der Waals surface area contributed by atoms with Gasteiger partial charge in [-0.3, -0.25) is 9.67 Å². The van der Waals surface area contributed by atoms with Crippen LogP contribution in [0.5, 0.6) is 0 Å². The molecule has 6 heteroatoms. The molecule has 0 aliphatic heterocycles. The van der Waals surface area contributed by atoms with Crippen LogP contribution in [0.25, 0.3) is 11.5 Å². The maximum atomic E-state index is 4.72. The highest BCUT2D eigenvalue weighted by Crippen LogP contribution is 2.28. The highest BCUT2D eigenvalue weighted by Gasteiger charge is 2.20. The van der Waals surface area contributed by atoms with Gasteiger partial charge in [-0.2, -0.15) is 5.10 Å². The van der Waals surface area contributed by atoms with Crippen LogP contribution in [-0.4, -0.2) is 24.7 Å². The minimum atomic E-state index is 0.153. The molecule has 6 nitrogen and oxygen atoms in total. The van der Waals surface area contributed by atoms with Gasteiger partial charge >= 0.3 is 0 Å². The van der Waals surface area contributed by atoms with E-state index in [1.165, 1.54) is 11.3 Å². The van der Waals surface area contributed by atoms with E-state index in [1.807, 2.05) is 36.0 Å². The van der Waals surface area contributed by atoms with Crippen LogP contribution in [0.15, 0.2) is 30.5 Å². The first-order valence-electron chi connectivity index (χ1n) is 9.09. The molecule has 0 aromatic carbocycles. The first kappa shape index (κ1) is 18.0. The molecular formula is C20H26N6. The fourth-order valence-corrected chi connectivity index (χ4v) is 3.21.